The Labute approximate surface area is 424 Å². The summed E-state index contributed by atoms with van der Waals surface area (Å²) in [6.45, 7) is 1.23. The molecule has 1 saturated carbocycles. The Morgan fingerprint density at radius 1 is 0.592 bits per heavy atom. The molecule has 394 valence electrons. The van der Waals surface area contributed by atoms with Gasteiger partial charge in [0.2, 0.25) is 0 Å². The molecule has 5 aliphatic rings. The molecule has 4 fully saturated rings. The fourth-order valence-electron chi connectivity index (χ4n) is 9.08. The molecule has 2 aliphatic carbocycles. The number of thioether (sulfide) groups is 1. The lowest BCUT2D eigenvalue weighted by Crippen LogP contribution is -2.68. The van der Waals surface area contributed by atoms with Gasteiger partial charge in [0.1, 0.15) is 61.0 Å². The van der Waals surface area contributed by atoms with Crippen LogP contribution in [-0.2, 0) is 35.0 Å². The monoisotopic (exact) mass is 1050 g/mol. The van der Waals surface area contributed by atoms with Crippen LogP contribution in [0.25, 0.3) is 0 Å². The molecule has 3 heterocycles. The van der Waals surface area contributed by atoms with Gasteiger partial charge in [-0.05, 0) is 48.6 Å². The number of ketones is 2. The minimum Gasteiger partial charge on any atom is -0.389 e. The molecule has 3 saturated heterocycles. The van der Waals surface area contributed by atoms with Crippen LogP contribution in [0, 0.1) is 0 Å². The highest BCUT2D eigenvalue weighted by Crippen LogP contribution is 2.36. The lowest BCUT2D eigenvalue weighted by molar-refractivity contribution is -0.306. The maximum absolute atomic E-state index is 13.1. The van der Waals surface area contributed by atoms with E-state index in [2.05, 4.69) is 21.3 Å². The van der Waals surface area contributed by atoms with Crippen molar-refractivity contribution >= 4 is 58.0 Å². The Balaban J connectivity index is 0.893. The van der Waals surface area contributed by atoms with Crippen LogP contribution in [0.4, 0.5) is 0 Å². The lowest BCUT2D eigenvalue weighted by Gasteiger charge is -2.47. The molecule has 0 aromatic heterocycles. The summed E-state index contributed by atoms with van der Waals surface area (Å²) in [5.74, 6) is 0.316. The topological polar surface area (TPSA) is 415 Å². The molecule has 2 aromatic carbocycles. The van der Waals surface area contributed by atoms with Gasteiger partial charge in [-0.25, -0.2) is 0 Å². The number of carbonyl (C=O) groups is 2. The van der Waals surface area contributed by atoms with E-state index >= 15 is 0 Å². The molecule has 0 radical (unpaired) electrons. The van der Waals surface area contributed by atoms with Crippen molar-refractivity contribution in [2.24, 2.45) is 34.4 Å². The summed E-state index contributed by atoms with van der Waals surface area (Å²) in [7, 11) is 0. The standard InChI is InChI=1S/C44H66N10O14S3/c45-13-24-32(58)34(60)27(49)40(63-24)66-37-23(48)12-22(47)31(57)39(37)68-42-36(62)38(67-41-28(50)35(61)33(59)25(14-46)64-41)26(65-42)16-71-10-9-53-43(69)51-7-8-52-44(70)54-15-17-5-6-20-21(11-17)30(56)19-4-2-1-3-18(19)29(20)55/h1-6,11,22-28,31-42,57-62H,7-10,12-16,45-50H2,(H2,51,53,69)(H2,52,54,70)/t22-,23+,24-,25+,26-,27-,28-,31+,32-,33-,34-,35-,36-,37-,38-,39-,40-,41-,42+/m1/s1. The van der Waals surface area contributed by atoms with Gasteiger partial charge in [-0.2, -0.15) is 11.8 Å². The van der Waals surface area contributed by atoms with E-state index in [9.17, 15) is 40.2 Å². The van der Waals surface area contributed by atoms with E-state index in [-0.39, 0.29) is 36.8 Å². The van der Waals surface area contributed by atoms with E-state index in [0.29, 0.717) is 64.4 Å². The molecule has 0 spiro atoms. The number of benzene rings is 2. The number of nitrogens with two attached hydrogens (primary N) is 6. The first kappa shape index (κ1) is 55.5. The quantitative estimate of drug-likeness (QED) is 0.0416. The van der Waals surface area contributed by atoms with Gasteiger partial charge in [0.15, 0.2) is 40.7 Å². The third-order valence-corrected chi connectivity index (χ3v) is 14.8. The Kier molecular flexibility index (Phi) is 19.5. The zero-order chi connectivity index (χ0) is 51.3. The maximum Gasteiger partial charge on any atom is 0.194 e. The Hall–Kier alpha value is -3.21. The predicted octanol–water partition coefficient (Wildman–Crippen LogP) is -6.25. The number of carbonyl (C=O) groups excluding carboxylic acids is 2. The van der Waals surface area contributed by atoms with Crippen molar-refractivity contribution in [1.29, 1.82) is 0 Å². The summed E-state index contributed by atoms with van der Waals surface area (Å²) < 4.78 is 36.5. The number of rotatable bonds is 18. The van der Waals surface area contributed by atoms with Crippen LogP contribution in [0.1, 0.15) is 43.8 Å². The van der Waals surface area contributed by atoms with Crippen molar-refractivity contribution in [3.63, 3.8) is 0 Å². The van der Waals surface area contributed by atoms with Crippen molar-refractivity contribution < 1.29 is 68.6 Å². The van der Waals surface area contributed by atoms with Gasteiger partial charge in [0.25, 0.3) is 0 Å². The van der Waals surface area contributed by atoms with Crippen LogP contribution in [0.5, 0.6) is 0 Å². The second-order valence-electron chi connectivity index (χ2n) is 18.0. The second-order valence-corrected chi connectivity index (χ2v) is 20.0. The van der Waals surface area contributed by atoms with E-state index in [0.717, 1.165) is 5.56 Å². The van der Waals surface area contributed by atoms with Crippen LogP contribution in [0.15, 0.2) is 42.5 Å². The Morgan fingerprint density at radius 3 is 1.69 bits per heavy atom. The average molecular weight is 1060 g/mol. The van der Waals surface area contributed by atoms with Crippen LogP contribution in [0.3, 0.4) is 0 Å². The van der Waals surface area contributed by atoms with Crippen LogP contribution in [0.2, 0.25) is 0 Å². The number of ether oxygens (including phenoxy) is 6. The van der Waals surface area contributed by atoms with Crippen molar-refractivity contribution in [2.45, 2.75) is 129 Å². The zero-order valence-corrected chi connectivity index (χ0v) is 41.0. The van der Waals surface area contributed by atoms with Crippen molar-refractivity contribution in [3.8, 4) is 0 Å². The number of hydrogen-bond acceptors (Lipinski definition) is 23. The lowest BCUT2D eigenvalue weighted by atomic mass is 9.83. The molecule has 71 heavy (non-hydrogen) atoms. The van der Waals surface area contributed by atoms with Gasteiger partial charge in [-0.1, -0.05) is 30.3 Å². The van der Waals surface area contributed by atoms with Crippen LogP contribution in [-0.4, -0.2) is 213 Å². The minimum atomic E-state index is -1.57. The summed E-state index contributed by atoms with van der Waals surface area (Å²) >= 11 is 12.3. The summed E-state index contributed by atoms with van der Waals surface area (Å²) in [6, 6.07) is 7.66. The predicted molar refractivity (Wildman–Crippen MR) is 264 cm³/mol. The smallest absolute Gasteiger partial charge is 0.194 e. The second kappa shape index (κ2) is 24.9. The Morgan fingerprint density at radius 2 is 1.10 bits per heavy atom. The average Bonchev–Trinajstić information content (AvgIpc) is 3.65. The van der Waals surface area contributed by atoms with Gasteiger partial charge >= 0.3 is 0 Å². The fraction of sp³-hybridized carbons (Fsp3) is 0.636. The largest absolute Gasteiger partial charge is 0.389 e. The van der Waals surface area contributed by atoms with Gasteiger partial charge in [-0.3, -0.25) is 9.59 Å². The number of fused-ring (bicyclic) bond motifs is 2. The molecular formula is C44H66N10O14S3. The molecule has 24 nitrogen and oxygen atoms in total. The van der Waals surface area contributed by atoms with Crippen molar-refractivity contribution in [3.05, 3.63) is 70.3 Å². The highest BCUT2D eigenvalue weighted by molar-refractivity contribution is 7.99. The highest BCUT2D eigenvalue weighted by atomic mass is 32.2. The normalized spacial score (nSPS) is 36.9. The molecule has 0 amide bonds. The molecule has 7 rings (SSSR count). The molecule has 3 aliphatic heterocycles. The van der Waals surface area contributed by atoms with Crippen molar-refractivity contribution in [1.82, 2.24) is 21.3 Å². The molecular weight excluding hydrogens is 989 g/mol. The van der Waals surface area contributed by atoms with Gasteiger partial charge in [0, 0.05) is 85.1 Å². The number of nitrogens with one attached hydrogen (secondary N) is 4. The highest BCUT2D eigenvalue weighted by Gasteiger charge is 2.54. The summed E-state index contributed by atoms with van der Waals surface area (Å²) in [6.07, 6.45) is -19.6. The van der Waals surface area contributed by atoms with E-state index in [1.165, 1.54) is 11.8 Å². The fourth-order valence-corrected chi connectivity index (χ4v) is 10.4. The van der Waals surface area contributed by atoms with E-state index in [1.807, 2.05) is 0 Å². The van der Waals surface area contributed by atoms with E-state index in [1.54, 1.807) is 42.5 Å². The molecule has 22 N–H and O–H groups in total. The first-order chi connectivity index (χ1) is 33.9. The minimum absolute atomic E-state index is 0.0754. The van der Waals surface area contributed by atoms with E-state index < -0.39 is 116 Å². The number of thiocarbonyl (C=S) groups is 2. The van der Waals surface area contributed by atoms with E-state index in [4.69, 9.17) is 87.3 Å². The summed E-state index contributed by atoms with van der Waals surface area (Å²) in [5.41, 5.74) is 39.0. The SMILES string of the molecule is NC[C@@H]1O[C@H](O[C@H]2[C@@H](O)[C@H](O[C@@H]3[C@@H](O)[C@H](N)C[C@H](N)[C@H]3O[C@H]3O[C@H](CN)[C@@H](O)[C@H](O)[C@H]3N)O[C@@H]2CSCCNC(=S)NCCNC(=S)NCc2ccc3c(c2)C(=O)c2ccccc2C3=O)[C@H](N)[C@@H](O)[C@@H]1O. The third-order valence-electron chi connectivity index (χ3n) is 13.1. The van der Waals surface area contributed by atoms with Gasteiger partial charge in [0.05, 0.1) is 24.3 Å². The van der Waals surface area contributed by atoms with Gasteiger partial charge < -0.3 is 115 Å². The zero-order valence-electron chi connectivity index (χ0n) is 38.5. The maximum atomic E-state index is 13.1. The third kappa shape index (κ3) is 12.7. The number of aliphatic hydroxyl groups is 6. The summed E-state index contributed by atoms with van der Waals surface area (Å²) in [4.78, 5) is 26.1. The molecule has 0 unspecified atom stereocenters. The number of aliphatic hydroxyl groups excluding tert-OH is 6. The molecule has 19 atom stereocenters. The van der Waals surface area contributed by atoms with Gasteiger partial charge in [-0.15, -0.1) is 0 Å². The van der Waals surface area contributed by atoms with Crippen LogP contribution >= 0.6 is 36.2 Å². The number of hydrogen-bond donors (Lipinski definition) is 16. The van der Waals surface area contributed by atoms with Crippen LogP contribution < -0.4 is 55.7 Å². The molecule has 0 bridgehead atoms. The first-order valence-electron chi connectivity index (χ1n) is 23.3. The molecule has 2 aromatic rings. The molecule has 27 heteroatoms. The Bertz CT molecular complexity index is 2180. The first-order valence-corrected chi connectivity index (χ1v) is 25.3. The van der Waals surface area contributed by atoms with Crippen molar-refractivity contribution in [2.75, 3.05) is 44.2 Å². The summed E-state index contributed by atoms with van der Waals surface area (Å²) in [5, 5.41) is 78.5.